The Kier molecular flexibility index (Phi) is 5.20. The number of hydrogen-bond donors (Lipinski definition) is 1. The van der Waals surface area contributed by atoms with Crippen molar-refractivity contribution in [3.8, 4) is 0 Å². The van der Waals surface area contributed by atoms with Crippen molar-refractivity contribution in [2.45, 2.75) is 53.1 Å². The van der Waals surface area contributed by atoms with E-state index in [0.717, 1.165) is 12.0 Å². The van der Waals surface area contributed by atoms with Crippen LogP contribution < -0.4 is 5.32 Å². The molecular weight excluding hydrogens is 258 g/mol. The third-order valence-electron chi connectivity index (χ3n) is 3.22. The van der Waals surface area contributed by atoms with Crippen LogP contribution in [0.1, 0.15) is 47.5 Å². The smallest absolute Gasteiger partial charge is 0.411 e. The Bertz CT molecular complexity index is 420. The van der Waals surface area contributed by atoms with Crippen molar-refractivity contribution in [2.24, 2.45) is 11.8 Å². The molecule has 0 spiro atoms. The van der Waals surface area contributed by atoms with E-state index in [1.54, 1.807) is 20.8 Å². The lowest BCUT2D eigenvalue weighted by atomic mass is 9.81. The maximum absolute atomic E-state index is 11.9. The Labute approximate surface area is 120 Å². The number of alkyl carbamates (subject to hydrolysis) is 1. The second kappa shape index (κ2) is 6.29. The molecule has 0 heterocycles. The second-order valence-corrected chi connectivity index (χ2v) is 6.44. The minimum atomic E-state index is -0.568. The highest BCUT2D eigenvalue weighted by atomic mass is 16.6. The number of methoxy groups -OCH3 is 1. The quantitative estimate of drug-likeness (QED) is 0.791. The minimum absolute atomic E-state index is 0.318. The van der Waals surface area contributed by atoms with Gasteiger partial charge >= 0.3 is 12.1 Å². The average Bonchev–Trinajstić information content (AvgIpc) is 2.29. The zero-order valence-corrected chi connectivity index (χ0v) is 13.2. The van der Waals surface area contributed by atoms with Crippen molar-refractivity contribution in [3.05, 3.63) is 11.3 Å². The van der Waals surface area contributed by atoms with Crippen molar-refractivity contribution in [1.29, 1.82) is 0 Å². The molecule has 5 nitrogen and oxygen atoms in total. The van der Waals surface area contributed by atoms with Gasteiger partial charge in [0.25, 0.3) is 0 Å². The van der Waals surface area contributed by atoms with Crippen molar-refractivity contribution >= 4 is 12.1 Å². The van der Waals surface area contributed by atoms with E-state index in [4.69, 9.17) is 9.47 Å². The normalized spacial score (nSPS) is 23.3. The van der Waals surface area contributed by atoms with Crippen LogP contribution >= 0.6 is 0 Å². The maximum atomic E-state index is 11.9. The summed E-state index contributed by atoms with van der Waals surface area (Å²) in [6.07, 6.45) is 1.00. The van der Waals surface area contributed by atoms with Gasteiger partial charge in [0.15, 0.2) is 0 Å². The van der Waals surface area contributed by atoms with Gasteiger partial charge in [-0.1, -0.05) is 12.5 Å². The van der Waals surface area contributed by atoms with Crippen LogP contribution in [0.15, 0.2) is 11.3 Å². The third kappa shape index (κ3) is 4.54. The number of amides is 1. The van der Waals surface area contributed by atoms with E-state index >= 15 is 0 Å². The van der Waals surface area contributed by atoms with E-state index in [9.17, 15) is 9.59 Å². The van der Waals surface area contributed by atoms with E-state index < -0.39 is 17.6 Å². The van der Waals surface area contributed by atoms with E-state index in [1.165, 1.54) is 7.11 Å². The molecule has 0 aliphatic heterocycles. The minimum Gasteiger partial charge on any atom is -0.469 e. The number of rotatable bonds is 2. The highest BCUT2D eigenvalue weighted by Gasteiger charge is 2.33. The van der Waals surface area contributed by atoms with E-state index in [0.29, 0.717) is 18.0 Å². The standard InChI is InChI=1S/C15H25NO4/c1-9-7-10(2)12(11(8-9)13(17)19-6)16-14(18)20-15(3,4)5/h9,11H,7-8H2,1-6H3,(H,16,18)/t9-,11-/m1/s1. The largest absolute Gasteiger partial charge is 0.469 e. The number of nitrogens with one attached hydrogen (secondary N) is 1. The molecular formula is C15H25NO4. The molecule has 1 N–H and O–H groups in total. The van der Waals surface area contributed by atoms with Gasteiger partial charge in [-0.3, -0.25) is 10.1 Å². The van der Waals surface area contributed by atoms with Gasteiger partial charge in [-0.25, -0.2) is 4.79 Å². The van der Waals surface area contributed by atoms with Crippen molar-refractivity contribution in [1.82, 2.24) is 5.32 Å². The number of esters is 1. The molecule has 0 saturated heterocycles. The topological polar surface area (TPSA) is 64.6 Å². The Hall–Kier alpha value is -1.52. The van der Waals surface area contributed by atoms with Crippen LogP contribution in [0.2, 0.25) is 0 Å². The first kappa shape index (κ1) is 16.5. The maximum Gasteiger partial charge on any atom is 0.411 e. The fourth-order valence-corrected chi connectivity index (χ4v) is 2.50. The van der Waals surface area contributed by atoms with Gasteiger partial charge in [0.2, 0.25) is 0 Å². The van der Waals surface area contributed by atoms with Crippen molar-refractivity contribution in [2.75, 3.05) is 7.11 Å². The lowest BCUT2D eigenvalue weighted by Crippen LogP contribution is -2.38. The zero-order valence-electron chi connectivity index (χ0n) is 13.2. The number of carbonyl (C=O) groups excluding carboxylic acids is 2. The zero-order chi connectivity index (χ0) is 15.5. The predicted octanol–water partition coefficient (Wildman–Crippen LogP) is 3.00. The van der Waals surface area contributed by atoms with Gasteiger partial charge in [0.1, 0.15) is 5.60 Å². The number of carbonyl (C=O) groups is 2. The van der Waals surface area contributed by atoms with Gasteiger partial charge in [-0.2, -0.15) is 0 Å². The van der Waals surface area contributed by atoms with Crippen molar-refractivity contribution < 1.29 is 19.1 Å². The molecule has 0 fully saturated rings. The second-order valence-electron chi connectivity index (χ2n) is 6.44. The number of ether oxygens (including phenoxy) is 2. The fraction of sp³-hybridized carbons (Fsp3) is 0.733. The Balaban J connectivity index is 2.89. The van der Waals surface area contributed by atoms with Crippen LogP contribution in [-0.2, 0) is 14.3 Å². The average molecular weight is 283 g/mol. The molecule has 1 aliphatic carbocycles. The number of allylic oxidation sites excluding steroid dienone is 1. The molecule has 20 heavy (non-hydrogen) atoms. The molecule has 1 aliphatic rings. The van der Waals surface area contributed by atoms with Crippen LogP contribution in [0.5, 0.6) is 0 Å². The Morgan fingerprint density at radius 1 is 1.30 bits per heavy atom. The molecule has 5 heteroatoms. The van der Waals surface area contributed by atoms with Gasteiger partial charge < -0.3 is 9.47 Å². The summed E-state index contributed by atoms with van der Waals surface area (Å²) in [7, 11) is 1.36. The summed E-state index contributed by atoms with van der Waals surface area (Å²) < 4.78 is 10.1. The van der Waals surface area contributed by atoms with E-state index in [2.05, 4.69) is 12.2 Å². The first-order valence-electron chi connectivity index (χ1n) is 6.91. The number of hydrogen-bond acceptors (Lipinski definition) is 4. The van der Waals surface area contributed by atoms with Gasteiger partial charge in [-0.15, -0.1) is 0 Å². The molecule has 0 bridgehead atoms. The molecule has 1 amide bonds. The molecule has 0 aromatic carbocycles. The van der Waals surface area contributed by atoms with E-state index in [1.807, 2.05) is 6.92 Å². The molecule has 0 radical (unpaired) electrons. The lowest BCUT2D eigenvalue weighted by molar-refractivity contribution is -0.145. The first-order chi connectivity index (χ1) is 9.14. The van der Waals surface area contributed by atoms with Crippen LogP contribution in [0, 0.1) is 11.8 Å². The Morgan fingerprint density at radius 2 is 1.90 bits per heavy atom. The molecule has 0 aromatic heterocycles. The van der Waals surface area contributed by atoms with Crippen LogP contribution in [0.3, 0.4) is 0 Å². The van der Waals surface area contributed by atoms with E-state index in [-0.39, 0.29) is 5.97 Å². The summed E-state index contributed by atoms with van der Waals surface area (Å²) in [5.74, 6) is -0.346. The van der Waals surface area contributed by atoms with Crippen LogP contribution in [0.4, 0.5) is 4.79 Å². The van der Waals surface area contributed by atoms with Crippen LogP contribution in [0.25, 0.3) is 0 Å². The molecule has 1 rings (SSSR count). The lowest BCUT2D eigenvalue weighted by Gasteiger charge is -2.30. The third-order valence-corrected chi connectivity index (χ3v) is 3.22. The van der Waals surface area contributed by atoms with Gasteiger partial charge in [-0.05, 0) is 46.5 Å². The summed E-state index contributed by atoms with van der Waals surface area (Å²) in [5.41, 5.74) is 1.07. The van der Waals surface area contributed by atoms with Gasteiger partial charge in [0.05, 0.1) is 13.0 Å². The SMILES string of the molecule is COC(=O)[C@@H]1C[C@H](C)CC(C)=C1NC(=O)OC(C)(C)C. The molecule has 0 aromatic rings. The van der Waals surface area contributed by atoms with Crippen molar-refractivity contribution in [3.63, 3.8) is 0 Å². The summed E-state index contributed by atoms with van der Waals surface area (Å²) in [4.78, 5) is 23.8. The fourth-order valence-electron chi connectivity index (χ4n) is 2.50. The summed E-state index contributed by atoms with van der Waals surface area (Å²) in [5, 5.41) is 2.73. The summed E-state index contributed by atoms with van der Waals surface area (Å²) in [6.45, 7) is 9.42. The summed E-state index contributed by atoms with van der Waals surface area (Å²) >= 11 is 0. The Morgan fingerprint density at radius 3 is 2.40 bits per heavy atom. The van der Waals surface area contributed by atoms with Gasteiger partial charge in [0, 0.05) is 5.70 Å². The molecule has 0 saturated carbocycles. The highest BCUT2D eigenvalue weighted by molar-refractivity contribution is 5.79. The monoisotopic (exact) mass is 283 g/mol. The first-order valence-corrected chi connectivity index (χ1v) is 6.91. The van der Waals surface area contributed by atoms with Crippen LogP contribution in [-0.4, -0.2) is 24.8 Å². The highest BCUT2D eigenvalue weighted by Crippen LogP contribution is 2.33. The molecule has 0 unspecified atom stereocenters. The molecule has 114 valence electrons. The summed E-state index contributed by atoms with van der Waals surface area (Å²) in [6, 6.07) is 0. The predicted molar refractivity (Wildman–Crippen MR) is 76.0 cm³/mol. The molecule has 2 atom stereocenters.